The van der Waals surface area contributed by atoms with Gasteiger partial charge in [0, 0.05) is 19.8 Å². The number of para-hydroxylation sites is 1. The van der Waals surface area contributed by atoms with Crippen LogP contribution in [-0.2, 0) is 11.3 Å². The zero-order valence-corrected chi connectivity index (χ0v) is 11.0. The van der Waals surface area contributed by atoms with E-state index in [1.54, 1.807) is 18.5 Å². The summed E-state index contributed by atoms with van der Waals surface area (Å²) in [6.07, 6.45) is 3.61. The molecule has 19 heavy (non-hydrogen) atoms. The van der Waals surface area contributed by atoms with E-state index in [0.29, 0.717) is 12.1 Å². The van der Waals surface area contributed by atoms with Crippen LogP contribution in [0.25, 0.3) is 11.0 Å². The summed E-state index contributed by atoms with van der Waals surface area (Å²) in [7, 11) is 0. The summed E-state index contributed by atoms with van der Waals surface area (Å²) < 4.78 is 7.40. The van der Waals surface area contributed by atoms with Crippen molar-refractivity contribution >= 4 is 17.0 Å². The van der Waals surface area contributed by atoms with Gasteiger partial charge in [-0.05, 0) is 25.0 Å². The Kier molecular flexibility index (Phi) is 4.52. The molecule has 1 aromatic carbocycles. The van der Waals surface area contributed by atoms with E-state index in [9.17, 15) is 4.79 Å². The quantitative estimate of drug-likeness (QED) is 0.779. The van der Waals surface area contributed by atoms with Crippen LogP contribution in [0.1, 0.15) is 30.1 Å². The van der Waals surface area contributed by atoms with Gasteiger partial charge in [-0.3, -0.25) is 0 Å². The maximum Gasteiger partial charge on any atom is 0.337 e. The van der Waals surface area contributed by atoms with E-state index >= 15 is 0 Å². The van der Waals surface area contributed by atoms with Crippen LogP contribution in [0.5, 0.6) is 0 Å². The first-order valence-electron chi connectivity index (χ1n) is 6.49. The van der Waals surface area contributed by atoms with Crippen molar-refractivity contribution in [3.05, 3.63) is 30.1 Å². The Balaban J connectivity index is 2.08. The van der Waals surface area contributed by atoms with Gasteiger partial charge in [0.1, 0.15) is 5.52 Å². The Morgan fingerprint density at radius 1 is 1.42 bits per heavy atom. The average Bonchev–Trinajstić information content (AvgIpc) is 2.81. The fourth-order valence-electron chi connectivity index (χ4n) is 2.02. The molecule has 0 unspecified atom stereocenters. The summed E-state index contributed by atoms with van der Waals surface area (Å²) in [5, 5.41) is 9.10. The number of rotatable bonds is 7. The lowest BCUT2D eigenvalue weighted by Crippen LogP contribution is -2.03. The molecule has 0 atom stereocenters. The fourth-order valence-corrected chi connectivity index (χ4v) is 2.02. The van der Waals surface area contributed by atoms with Gasteiger partial charge in [0.25, 0.3) is 0 Å². The van der Waals surface area contributed by atoms with Gasteiger partial charge in [0.2, 0.25) is 0 Å². The molecule has 0 saturated heterocycles. The summed E-state index contributed by atoms with van der Waals surface area (Å²) in [6.45, 7) is 4.36. The van der Waals surface area contributed by atoms with Crippen molar-refractivity contribution < 1.29 is 14.6 Å². The van der Waals surface area contributed by atoms with Gasteiger partial charge in [-0.1, -0.05) is 13.0 Å². The average molecular weight is 262 g/mol. The van der Waals surface area contributed by atoms with Crippen molar-refractivity contribution in [1.82, 2.24) is 9.55 Å². The molecule has 1 aromatic heterocycles. The topological polar surface area (TPSA) is 64.4 Å². The second-order valence-corrected chi connectivity index (χ2v) is 4.38. The molecule has 5 nitrogen and oxygen atoms in total. The number of carbonyl (C=O) groups is 1. The molecule has 2 aromatic rings. The third-order valence-corrected chi connectivity index (χ3v) is 2.92. The number of hydrogen-bond acceptors (Lipinski definition) is 3. The summed E-state index contributed by atoms with van der Waals surface area (Å²) in [5.74, 6) is -0.942. The van der Waals surface area contributed by atoms with Crippen molar-refractivity contribution in [2.45, 2.75) is 26.3 Å². The Bertz CT molecular complexity index is 563. The number of benzene rings is 1. The van der Waals surface area contributed by atoms with E-state index < -0.39 is 5.97 Å². The molecule has 0 bridgehead atoms. The predicted octanol–water partition coefficient (Wildman–Crippen LogP) is 2.55. The molecule has 0 spiro atoms. The first-order valence-corrected chi connectivity index (χ1v) is 6.49. The van der Waals surface area contributed by atoms with Gasteiger partial charge in [-0.25, -0.2) is 9.78 Å². The molecule has 0 aliphatic carbocycles. The Hall–Kier alpha value is -1.88. The number of fused-ring (bicyclic) bond motifs is 1. The maximum atomic E-state index is 11.1. The van der Waals surface area contributed by atoms with Crippen LogP contribution in [0, 0.1) is 0 Å². The Morgan fingerprint density at radius 3 is 3.00 bits per heavy atom. The summed E-state index contributed by atoms with van der Waals surface area (Å²) in [5.41, 5.74) is 1.65. The van der Waals surface area contributed by atoms with Crippen LogP contribution >= 0.6 is 0 Å². The molecule has 0 saturated carbocycles. The number of aromatic nitrogens is 2. The van der Waals surface area contributed by atoms with Gasteiger partial charge in [0.15, 0.2) is 0 Å². The third-order valence-electron chi connectivity index (χ3n) is 2.92. The first kappa shape index (κ1) is 13.5. The van der Waals surface area contributed by atoms with Gasteiger partial charge in [0.05, 0.1) is 17.4 Å². The molecule has 0 radical (unpaired) electrons. The van der Waals surface area contributed by atoms with Crippen LogP contribution in [-0.4, -0.2) is 33.8 Å². The zero-order chi connectivity index (χ0) is 13.7. The lowest BCUT2D eigenvalue weighted by molar-refractivity contribution is 0.0699. The fraction of sp³-hybridized carbons (Fsp3) is 0.429. The van der Waals surface area contributed by atoms with E-state index in [-0.39, 0.29) is 5.56 Å². The van der Waals surface area contributed by atoms with E-state index in [0.717, 1.165) is 31.5 Å². The SMILES string of the molecule is CCCOCCCn1cnc2c(C(=O)O)cccc21. The van der Waals surface area contributed by atoms with Crippen molar-refractivity contribution in [2.24, 2.45) is 0 Å². The van der Waals surface area contributed by atoms with E-state index in [1.165, 1.54) is 0 Å². The number of carboxylic acid groups (broad SMARTS) is 1. The number of aryl methyl sites for hydroxylation is 1. The van der Waals surface area contributed by atoms with E-state index in [2.05, 4.69) is 11.9 Å². The largest absolute Gasteiger partial charge is 0.478 e. The highest BCUT2D eigenvalue weighted by Crippen LogP contribution is 2.17. The lowest BCUT2D eigenvalue weighted by atomic mass is 10.2. The number of aromatic carboxylic acids is 1. The highest BCUT2D eigenvalue weighted by Gasteiger charge is 2.11. The molecule has 0 amide bonds. The van der Waals surface area contributed by atoms with Crippen LogP contribution in [0.4, 0.5) is 0 Å². The minimum atomic E-state index is -0.942. The molecular formula is C14H18N2O3. The number of imidazole rings is 1. The van der Waals surface area contributed by atoms with E-state index in [4.69, 9.17) is 9.84 Å². The molecular weight excluding hydrogens is 244 g/mol. The monoisotopic (exact) mass is 262 g/mol. The number of hydrogen-bond donors (Lipinski definition) is 1. The predicted molar refractivity (Wildman–Crippen MR) is 72.4 cm³/mol. The van der Waals surface area contributed by atoms with E-state index in [1.807, 2.05) is 10.6 Å². The van der Waals surface area contributed by atoms with Crippen molar-refractivity contribution in [1.29, 1.82) is 0 Å². The van der Waals surface area contributed by atoms with Gasteiger partial charge in [-0.2, -0.15) is 0 Å². The maximum absolute atomic E-state index is 11.1. The van der Waals surface area contributed by atoms with Crippen LogP contribution in [0.3, 0.4) is 0 Å². The van der Waals surface area contributed by atoms with Crippen molar-refractivity contribution in [3.8, 4) is 0 Å². The molecule has 5 heteroatoms. The minimum absolute atomic E-state index is 0.249. The zero-order valence-electron chi connectivity index (χ0n) is 11.0. The third kappa shape index (κ3) is 3.12. The molecule has 0 aliphatic rings. The first-order chi connectivity index (χ1) is 9.24. The van der Waals surface area contributed by atoms with Gasteiger partial charge < -0.3 is 14.4 Å². The lowest BCUT2D eigenvalue weighted by Gasteiger charge is -2.05. The molecule has 1 N–H and O–H groups in total. The van der Waals surface area contributed by atoms with Crippen LogP contribution < -0.4 is 0 Å². The number of ether oxygens (including phenoxy) is 1. The van der Waals surface area contributed by atoms with Crippen molar-refractivity contribution in [2.75, 3.05) is 13.2 Å². The standard InChI is InChI=1S/C14H18N2O3/c1-2-8-19-9-4-7-16-10-15-13-11(14(17)18)5-3-6-12(13)16/h3,5-6,10H,2,4,7-9H2,1H3,(H,17,18). The summed E-state index contributed by atoms with van der Waals surface area (Å²) in [4.78, 5) is 15.3. The van der Waals surface area contributed by atoms with Gasteiger partial charge in [-0.15, -0.1) is 0 Å². The molecule has 102 valence electrons. The highest BCUT2D eigenvalue weighted by molar-refractivity contribution is 6.00. The number of nitrogens with zero attached hydrogens (tertiary/aromatic N) is 2. The van der Waals surface area contributed by atoms with Crippen molar-refractivity contribution in [3.63, 3.8) is 0 Å². The van der Waals surface area contributed by atoms with Crippen LogP contribution in [0.15, 0.2) is 24.5 Å². The second-order valence-electron chi connectivity index (χ2n) is 4.38. The molecule has 1 heterocycles. The number of carboxylic acids is 1. The van der Waals surface area contributed by atoms with Gasteiger partial charge >= 0.3 is 5.97 Å². The Morgan fingerprint density at radius 2 is 2.26 bits per heavy atom. The Labute approximate surface area is 111 Å². The smallest absolute Gasteiger partial charge is 0.337 e. The molecule has 0 fully saturated rings. The minimum Gasteiger partial charge on any atom is -0.478 e. The second kappa shape index (κ2) is 6.33. The molecule has 0 aliphatic heterocycles. The highest BCUT2D eigenvalue weighted by atomic mass is 16.5. The summed E-state index contributed by atoms with van der Waals surface area (Å²) in [6, 6.07) is 5.21. The normalized spacial score (nSPS) is 11.0. The van der Waals surface area contributed by atoms with Crippen LogP contribution in [0.2, 0.25) is 0 Å². The molecule has 2 rings (SSSR count). The summed E-state index contributed by atoms with van der Waals surface area (Å²) >= 11 is 0.